The molecule has 0 spiro atoms. The summed E-state index contributed by atoms with van der Waals surface area (Å²) in [5.41, 5.74) is -0.381. The Morgan fingerprint density at radius 3 is 2.33 bits per heavy atom. The fourth-order valence-electron chi connectivity index (χ4n) is 4.57. The quantitative estimate of drug-likeness (QED) is 0.150. The highest BCUT2D eigenvalue weighted by Gasteiger charge is 2.36. The lowest BCUT2D eigenvalue weighted by atomic mass is 9.82. The van der Waals surface area contributed by atoms with Crippen LogP contribution in [-0.2, 0) is 9.53 Å². The fourth-order valence-corrected chi connectivity index (χ4v) is 4.57. The second kappa shape index (κ2) is 13.8. The van der Waals surface area contributed by atoms with Crippen LogP contribution in [0, 0.1) is 0 Å². The van der Waals surface area contributed by atoms with Crippen LogP contribution < -0.4 is 10.6 Å². The Morgan fingerprint density at radius 1 is 1.10 bits per heavy atom. The normalized spacial score (nSPS) is 24.7. The maximum Gasteiger partial charge on any atom is 0.306 e. The first kappa shape index (κ1) is 27.5. The van der Waals surface area contributed by atoms with E-state index in [0.717, 1.165) is 56.8 Å². The Hall–Kier alpha value is -0.570. The number of carbonyl (C=O) groups excluding carboxylic acids is 1. The predicted molar refractivity (Wildman–Crippen MR) is 136 cm³/mol. The van der Waals surface area contributed by atoms with E-state index < -0.39 is 0 Å². The van der Waals surface area contributed by atoms with Gasteiger partial charge >= 0.3 is 5.97 Å². The van der Waals surface area contributed by atoms with Crippen LogP contribution >= 0.6 is 24.0 Å². The maximum atomic E-state index is 11.7. The zero-order valence-corrected chi connectivity index (χ0v) is 22.2. The molecule has 6 nitrogen and oxygen atoms in total. The van der Waals surface area contributed by atoms with Crippen molar-refractivity contribution in [3.8, 4) is 0 Å². The lowest BCUT2D eigenvalue weighted by molar-refractivity contribution is -0.154. The molecule has 2 rings (SSSR count). The standard InChI is InChI=1S/C23H44N4O2.HI/c1-6-24-22(26-18-16-19-12-11-13-20(17-18)27(19)5)25-15-10-8-7-9-14-21(28)29-23(2,3)4;/h18-20H,6-17H2,1-5H3,(H2,24,25,26);1H. The van der Waals surface area contributed by atoms with Crippen LogP contribution in [0.5, 0.6) is 0 Å². The van der Waals surface area contributed by atoms with E-state index in [9.17, 15) is 4.79 Å². The van der Waals surface area contributed by atoms with Gasteiger partial charge in [-0.15, -0.1) is 24.0 Å². The molecular formula is C23H45IN4O2. The van der Waals surface area contributed by atoms with Crippen molar-refractivity contribution in [1.82, 2.24) is 15.5 Å². The van der Waals surface area contributed by atoms with Gasteiger partial charge in [0.15, 0.2) is 5.96 Å². The topological polar surface area (TPSA) is 66.0 Å². The van der Waals surface area contributed by atoms with Crippen molar-refractivity contribution < 1.29 is 9.53 Å². The maximum absolute atomic E-state index is 11.7. The van der Waals surface area contributed by atoms with Gasteiger partial charge in [-0.25, -0.2) is 0 Å². The molecule has 0 amide bonds. The van der Waals surface area contributed by atoms with Crippen LogP contribution in [0.15, 0.2) is 4.99 Å². The molecular weight excluding hydrogens is 491 g/mol. The molecule has 2 atom stereocenters. The fraction of sp³-hybridized carbons (Fsp3) is 0.913. The zero-order chi connectivity index (χ0) is 21.3. The van der Waals surface area contributed by atoms with Gasteiger partial charge in [0.05, 0.1) is 0 Å². The van der Waals surface area contributed by atoms with Gasteiger partial charge in [-0.3, -0.25) is 9.79 Å². The van der Waals surface area contributed by atoms with Crippen LogP contribution in [0.2, 0.25) is 0 Å². The number of ether oxygens (including phenoxy) is 1. The zero-order valence-electron chi connectivity index (χ0n) is 19.8. The van der Waals surface area contributed by atoms with Gasteiger partial charge in [0.2, 0.25) is 0 Å². The highest BCUT2D eigenvalue weighted by Crippen LogP contribution is 2.32. The molecule has 0 aromatic heterocycles. The number of aliphatic imine (C=N–C) groups is 1. The summed E-state index contributed by atoms with van der Waals surface area (Å²) >= 11 is 0. The van der Waals surface area contributed by atoms with Crippen LogP contribution in [0.25, 0.3) is 0 Å². The first-order valence-electron chi connectivity index (χ1n) is 11.8. The molecule has 30 heavy (non-hydrogen) atoms. The van der Waals surface area contributed by atoms with Crippen molar-refractivity contribution in [2.75, 3.05) is 20.1 Å². The highest BCUT2D eigenvalue weighted by molar-refractivity contribution is 14.0. The Bertz CT molecular complexity index is 522. The minimum absolute atomic E-state index is 0. The van der Waals surface area contributed by atoms with Crippen molar-refractivity contribution in [2.45, 2.75) is 116 Å². The highest BCUT2D eigenvalue weighted by atomic mass is 127. The number of nitrogens with one attached hydrogen (secondary N) is 2. The molecule has 2 N–H and O–H groups in total. The summed E-state index contributed by atoms with van der Waals surface area (Å²) in [4.78, 5) is 19.1. The van der Waals surface area contributed by atoms with Crippen molar-refractivity contribution in [3.63, 3.8) is 0 Å². The van der Waals surface area contributed by atoms with Crippen molar-refractivity contribution in [2.24, 2.45) is 4.99 Å². The first-order chi connectivity index (χ1) is 13.8. The van der Waals surface area contributed by atoms with Crippen LogP contribution in [-0.4, -0.2) is 60.7 Å². The lowest BCUT2D eigenvalue weighted by Crippen LogP contribution is -2.56. The third kappa shape index (κ3) is 10.2. The van der Waals surface area contributed by atoms with Gasteiger partial charge in [-0.1, -0.05) is 19.3 Å². The molecule has 2 saturated heterocycles. The van der Waals surface area contributed by atoms with Crippen molar-refractivity contribution in [1.29, 1.82) is 0 Å². The number of hydrogen-bond acceptors (Lipinski definition) is 4. The molecule has 0 aromatic carbocycles. The van der Waals surface area contributed by atoms with E-state index in [1.807, 2.05) is 20.8 Å². The van der Waals surface area contributed by atoms with Crippen molar-refractivity contribution in [3.05, 3.63) is 0 Å². The Balaban J connectivity index is 0.00000450. The minimum Gasteiger partial charge on any atom is -0.460 e. The van der Waals surface area contributed by atoms with E-state index in [-0.39, 0.29) is 35.5 Å². The number of piperidine rings is 2. The number of guanidine groups is 1. The number of esters is 1. The Morgan fingerprint density at radius 2 is 1.73 bits per heavy atom. The van der Waals surface area contributed by atoms with Gasteiger partial charge in [0.25, 0.3) is 0 Å². The molecule has 2 fully saturated rings. The third-order valence-electron chi connectivity index (χ3n) is 6.00. The van der Waals surface area contributed by atoms with E-state index in [1.54, 1.807) is 0 Å². The summed E-state index contributed by atoms with van der Waals surface area (Å²) < 4.78 is 5.35. The van der Waals surface area contributed by atoms with Crippen LogP contribution in [0.4, 0.5) is 0 Å². The number of rotatable bonds is 9. The molecule has 176 valence electrons. The Kier molecular flexibility index (Phi) is 12.6. The Labute approximate surface area is 201 Å². The van der Waals surface area contributed by atoms with Gasteiger partial charge < -0.3 is 20.3 Å². The molecule has 2 unspecified atom stereocenters. The second-order valence-electron chi connectivity index (χ2n) is 9.73. The number of hydrogen-bond donors (Lipinski definition) is 2. The molecule has 2 aliphatic rings. The van der Waals surface area contributed by atoms with Crippen LogP contribution in [0.3, 0.4) is 0 Å². The molecule has 0 radical (unpaired) electrons. The summed E-state index contributed by atoms with van der Waals surface area (Å²) in [5.74, 6) is 0.880. The van der Waals surface area contributed by atoms with E-state index in [1.165, 1.54) is 32.1 Å². The second-order valence-corrected chi connectivity index (χ2v) is 9.73. The summed E-state index contributed by atoms with van der Waals surface area (Å²) in [5, 5.41) is 7.11. The first-order valence-corrected chi connectivity index (χ1v) is 11.8. The molecule has 7 heteroatoms. The SMILES string of the molecule is CCNC(=NCCCCCCC(=O)OC(C)(C)C)NC1CC2CCCC(C1)N2C.I. The molecule has 0 saturated carbocycles. The lowest BCUT2D eigenvalue weighted by Gasteiger charge is -2.47. The molecule has 0 aliphatic carbocycles. The summed E-state index contributed by atoms with van der Waals surface area (Å²) in [6, 6.07) is 1.99. The monoisotopic (exact) mass is 536 g/mol. The summed E-state index contributed by atoms with van der Waals surface area (Å²) in [7, 11) is 2.30. The number of nitrogens with zero attached hydrogens (tertiary/aromatic N) is 2. The average Bonchev–Trinajstić information content (AvgIpc) is 2.60. The van der Waals surface area contributed by atoms with Crippen molar-refractivity contribution >= 4 is 35.9 Å². The van der Waals surface area contributed by atoms with E-state index in [4.69, 9.17) is 9.73 Å². The predicted octanol–water partition coefficient (Wildman–Crippen LogP) is 4.47. The van der Waals surface area contributed by atoms with E-state index in [2.05, 4.69) is 29.5 Å². The number of fused-ring (bicyclic) bond motifs is 2. The van der Waals surface area contributed by atoms with Gasteiger partial charge in [-0.2, -0.15) is 0 Å². The molecule has 2 bridgehead atoms. The van der Waals surface area contributed by atoms with E-state index in [0.29, 0.717) is 12.5 Å². The van der Waals surface area contributed by atoms with Crippen LogP contribution in [0.1, 0.15) is 91.9 Å². The number of carbonyl (C=O) groups is 1. The van der Waals surface area contributed by atoms with E-state index >= 15 is 0 Å². The third-order valence-corrected chi connectivity index (χ3v) is 6.00. The summed E-state index contributed by atoms with van der Waals surface area (Å²) in [6.07, 6.45) is 11.1. The average molecular weight is 537 g/mol. The molecule has 2 heterocycles. The summed E-state index contributed by atoms with van der Waals surface area (Å²) in [6.45, 7) is 9.59. The van der Waals surface area contributed by atoms with Gasteiger partial charge in [-0.05, 0) is 73.3 Å². The smallest absolute Gasteiger partial charge is 0.306 e. The van der Waals surface area contributed by atoms with Gasteiger partial charge in [0.1, 0.15) is 5.60 Å². The molecule has 0 aromatic rings. The minimum atomic E-state index is -0.381. The largest absolute Gasteiger partial charge is 0.460 e. The van der Waals surface area contributed by atoms with Gasteiger partial charge in [0, 0.05) is 37.6 Å². The molecule has 2 aliphatic heterocycles. The number of halogens is 1. The number of unbranched alkanes of at least 4 members (excludes halogenated alkanes) is 3.